The minimum atomic E-state index is -0.117. The molecule has 2 aliphatic carbocycles. The zero-order valence-corrected chi connectivity index (χ0v) is 12.8. The monoisotopic (exact) mass is 278 g/mol. The Morgan fingerprint density at radius 2 is 2.05 bits per heavy atom. The molecule has 3 aliphatic rings. The van der Waals surface area contributed by atoms with E-state index in [2.05, 4.69) is 0 Å². The van der Waals surface area contributed by atoms with E-state index >= 15 is 0 Å². The second-order valence-electron chi connectivity index (χ2n) is 7.23. The molecule has 2 bridgehead atoms. The third-order valence-electron chi connectivity index (χ3n) is 5.73. The number of hydrogen-bond acceptors (Lipinski definition) is 2. The van der Waals surface area contributed by atoms with Crippen LogP contribution in [0.5, 0.6) is 0 Å². The van der Waals surface area contributed by atoms with Gasteiger partial charge in [-0.3, -0.25) is 9.59 Å². The number of carbonyl (C=O) groups is 2. The molecule has 4 atom stereocenters. The van der Waals surface area contributed by atoms with Crippen molar-refractivity contribution in [3.63, 3.8) is 0 Å². The van der Waals surface area contributed by atoms with E-state index in [0.717, 1.165) is 5.92 Å². The molecule has 0 radical (unpaired) electrons. The Labute approximate surface area is 121 Å². The van der Waals surface area contributed by atoms with Crippen molar-refractivity contribution >= 4 is 11.8 Å². The molecule has 4 nitrogen and oxygen atoms in total. The molecular weight excluding hydrogens is 252 g/mol. The minimum Gasteiger partial charge on any atom is -0.343 e. The molecule has 2 saturated carbocycles. The standard InChI is InChI=1S/C16H26N2O2/c1-10(2)17(3)16(20)13-8-15(19)18(9-13)14-7-11-4-5-12(14)6-11/h10-14H,4-9H2,1-3H3. The van der Waals surface area contributed by atoms with Crippen LogP contribution in [-0.2, 0) is 9.59 Å². The van der Waals surface area contributed by atoms with Gasteiger partial charge in [0.2, 0.25) is 11.8 Å². The highest BCUT2D eigenvalue weighted by molar-refractivity contribution is 5.89. The lowest BCUT2D eigenvalue weighted by Gasteiger charge is -2.32. The number of amides is 2. The molecule has 1 heterocycles. The first-order valence-corrected chi connectivity index (χ1v) is 8.03. The summed E-state index contributed by atoms with van der Waals surface area (Å²) in [6.45, 7) is 4.69. The van der Waals surface area contributed by atoms with E-state index in [1.807, 2.05) is 25.8 Å². The maximum atomic E-state index is 12.4. The summed E-state index contributed by atoms with van der Waals surface area (Å²) in [5, 5.41) is 0. The van der Waals surface area contributed by atoms with Crippen molar-refractivity contribution in [2.75, 3.05) is 13.6 Å². The van der Waals surface area contributed by atoms with Gasteiger partial charge in [-0.15, -0.1) is 0 Å². The zero-order valence-electron chi connectivity index (χ0n) is 12.8. The van der Waals surface area contributed by atoms with Crippen molar-refractivity contribution in [2.24, 2.45) is 17.8 Å². The van der Waals surface area contributed by atoms with Crippen LogP contribution in [0.4, 0.5) is 0 Å². The molecule has 4 unspecified atom stereocenters. The molecule has 0 N–H and O–H groups in total. The number of hydrogen-bond donors (Lipinski definition) is 0. The van der Waals surface area contributed by atoms with Crippen molar-refractivity contribution in [3.8, 4) is 0 Å². The molecule has 4 heteroatoms. The highest BCUT2D eigenvalue weighted by Crippen LogP contribution is 2.47. The lowest BCUT2D eigenvalue weighted by molar-refractivity contribution is -0.136. The van der Waals surface area contributed by atoms with Crippen LogP contribution in [0, 0.1) is 17.8 Å². The normalized spacial score (nSPS) is 36.2. The van der Waals surface area contributed by atoms with E-state index in [1.54, 1.807) is 4.90 Å². The Morgan fingerprint density at radius 1 is 1.30 bits per heavy atom. The Hall–Kier alpha value is -1.06. The first-order valence-electron chi connectivity index (χ1n) is 8.03. The Bertz CT molecular complexity index is 421. The number of likely N-dealkylation sites (tertiary alicyclic amines) is 1. The van der Waals surface area contributed by atoms with Crippen LogP contribution >= 0.6 is 0 Å². The van der Waals surface area contributed by atoms with Gasteiger partial charge in [-0.2, -0.15) is 0 Å². The van der Waals surface area contributed by atoms with Crippen molar-refractivity contribution in [2.45, 2.75) is 58.0 Å². The SMILES string of the molecule is CC(C)N(C)C(=O)C1CC(=O)N(C2CC3CCC2C3)C1. The van der Waals surface area contributed by atoms with Crippen LogP contribution in [-0.4, -0.2) is 47.3 Å². The molecule has 1 saturated heterocycles. The van der Waals surface area contributed by atoms with Crippen LogP contribution in [0.15, 0.2) is 0 Å². The summed E-state index contributed by atoms with van der Waals surface area (Å²) in [6.07, 6.45) is 5.53. The van der Waals surface area contributed by atoms with Crippen molar-refractivity contribution in [1.82, 2.24) is 9.80 Å². The van der Waals surface area contributed by atoms with Crippen LogP contribution < -0.4 is 0 Å². The second kappa shape index (κ2) is 5.05. The molecule has 20 heavy (non-hydrogen) atoms. The second-order valence-corrected chi connectivity index (χ2v) is 7.23. The number of carbonyl (C=O) groups excluding carboxylic acids is 2. The van der Waals surface area contributed by atoms with E-state index in [-0.39, 0.29) is 23.8 Å². The van der Waals surface area contributed by atoms with Crippen molar-refractivity contribution in [1.29, 1.82) is 0 Å². The van der Waals surface area contributed by atoms with Gasteiger partial charge in [0.25, 0.3) is 0 Å². The van der Waals surface area contributed by atoms with Gasteiger partial charge in [0.1, 0.15) is 0 Å². The van der Waals surface area contributed by atoms with E-state index in [4.69, 9.17) is 0 Å². The van der Waals surface area contributed by atoms with Gasteiger partial charge in [-0.1, -0.05) is 6.42 Å². The Balaban J connectivity index is 1.65. The molecule has 112 valence electrons. The van der Waals surface area contributed by atoms with Crippen molar-refractivity contribution < 1.29 is 9.59 Å². The van der Waals surface area contributed by atoms with Crippen LogP contribution in [0.1, 0.15) is 46.0 Å². The highest BCUT2D eigenvalue weighted by atomic mass is 16.2. The fourth-order valence-electron chi connectivity index (χ4n) is 4.35. The maximum absolute atomic E-state index is 12.4. The molecular formula is C16H26N2O2. The number of nitrogens with zero attached hydrogens (tertiary/aromatic N) is 2. The van der Waals surface area contributed by atoms with E-state index in [0.29, 0.717) is 24.9 Å². The van der Waals surface area contributed by atoms with Gasteiger partial charge < -0.3 is 9.80 Å². The van der Waals surface area contributed by atoms with E-state index in [9.17, 15) is 9.59 Å². The van der Waals surface area contributed by atoms with E-state index < -0.39 is 0 Å². The van der Waals surface area contributed by atoms with Gasteiger partial charge in [-0.05, 0) is 44.9 Å². The molecule has 3 fully saturated rings. The Morgan fingerprint density at radius 3 is 2.60 bits per heavy atom. The summed E-state index contributed by atoms with van der Waals surface area (Å²) in [7, 11) is 1.84. The average Bonchev–Trinajstić information content (AvgIpc) is 3.10. The molecule has 0 spiro atoms. The summed E-state index contributed by atoms with van der Waals surface area (Å²) in [6, 6.07) is 0.637. The summed E-state index contributed by atoms with van der Waals surface area (Å²) < 4.78 is 0. The Kier molecular flexibility index (Phi) is 3.51. The number of rotatable bonds is 3. The molecule has 3 rings (SSSR count). The molecule has 0 aromatic carbocycles. The largest absolute Gasteiger partial charge is 0.343 e. The third-order valence-corrected chi connectivity index (χ3v) is 5.73. The molecule has 0 aromatic rings. The summed E-state index contributed by atoms with van der Waals surface area (Å²) in [5.74, 6) is 1.78. The average molecular weight is 278 g/mol. The highest BCUT2D eigenvalue weighted by Gasteiger charge is 2.47. The minimum absolute atomic E-state index is 0.117. The first-order chi connectivity index (χ1) is 9.47. The first kappa shape index (κ1) is 13.9. The van der Waals surface area contributed by atoms with Gasteiger partial charge in [0, 0.05) is 32.1 Å². The lowest BCUT2D eigenvalue weighted by atomic mass is 9.94. The number of fused-ring (bicyclic) bond motifs is 2. The van der Waals surface area contributed by atoms with Gasteiger partial charge in [-0.25, -0.2) is 0 Å². The van der Waals surface area contributed by atoms with Crippen molar-refractivity contribution in [3.05, 3.63) is 0 Å². The van der Waals surface area contributed by atoms with Gasteiger partial charge in [0.15, 0.2) is 0 Å². The molecule has 2 amide bonds. The quantitative estimate of drug-likeness (QED) is 0.791. The van der Waals surface area contributed by atoms with Crippen LogP contribution in [0.2, 0.25) is 0 Å². The predicted molar refractivity (Wildman–Crippen MR) is 77.0 cm³/mol. The van der Waals surface area contributed by atoms with Gasteiger partial charge >= 0.3 is 0 Å². The van der Waals surface area contributed by atoms with Gasteiger partial charge in [0.05, 0.1) is 5.92 Å². The predicted octanol–water partition coefficient (Wildman–Crippen LogP) is 1.89. The fourth-order valence-corrected chi connectivity index (χ4v) is 4.35. The van der Waals surface area contributed by atoms with Crippen LogP contribution in [0.25, 0.3) is 0 Å². The summed E-state index contributed by atoms with van der Waals surface area (Å²) >= 11 is 0. The smallest absolute Gasteiger partial charge is 0.227 e. The van der Waals surface area contributed by atoms with Crippen LogP contribution in [0.3, 0.4) is 0 Å². The lowest BCUT2D eigenvalue weighted by Crippen LogP contribution is -2.42. The molecule has 0 aromatic heterocycles. The summed E-state index contributed by atoms with van der Waals surface area (Å²) in [5.41, 5.74) is 0. The summed E-state index contributed by atoms with van der Waals surface area (Å²) in [4.78, 5) is 28.5. The third kappa shape index (κ3) is 2.23. The zero-order chi connectivity index (χ0) is 14.4. The fraction of sp³-hybridized carbons (Fsp3) is 0.875. The molecule has 1 aliphatic heterocycles. The maximum Gasteiger partial charge on any atom is 0.227 e. The van der Waals surface area contributed by atoms with E-state index in [1.165, 1.54) is 25.7 Å². The topological polar surface area (TPSA) is 40.6 Å².